The number of aryl methyl sites for hydroxylation is 1. The van der Waals surface area contributed by atoms with Crippen molar-refractivity contribution in [2.24, 2.45) is 0 Å². The van der Waals surface area contributed by atoms with E-state index >= 15 is 0 Å². The molecule has 0 saturated carbocycles. The molecule has 1 fully saturated rings. The molecular weight excluding hydrogens is 218 g/mol. The number of amides is 1. The van der Waals surface area contributed by atoms with E-state index in [1.165, 1.54) is 0 Å². The van der Waals surface area contributed by atoms with E-state index in [4.69, 9.17) is 0 Å². The number of hydrogen-bond acceptors (Lipinski definition) is 4. The van der Waals surface area contributed by atoms with Crippen LogP contribution < -0.4 is 0 Å². The van der Waals surface area contributed by atoms with Crippen LogP contribution >= 0.6 is 0 Å². The molecule has 17 heavy (non-hydrogen) atoms. The van der Waals surface area contributed by atoms with Crippen LogP contribution in [0.4, 0.5) is 0 Å². The Balaban J connectivity index is 2.03. The summed E-state index contributed by atoms with van der Waals surface area (Å²) in [5.74, 6) is 0.0248. The van der Waals surface area contributed by atoms with Crippen molar-refractivity contribution in [3.8, 4) is 0 Å². The third-order valence-corrected chi connectivity index (χ3v) is 3.03. The molecule has 1 N–H and O–H groups in total. The number of carbonyl (C=O) groups excluding carboxylic acids is 1. The molecule has 92 valence electrons. The van der Waals surface area contributed by atoms with E-state index in [0.717, 1.165) is 17.8 Å². The van der Waals surface area contributed by atoms with E-state index < -0.39 is 0 Å². The Labute approximate surface area is 100 Å². The Hall–Kier alpha value is -1.49. The lowest BCUT2D eigenvalue weighted by molar-refractivity contribution is -0.129. The zero-order valence-electron chi connectivity index (χ0n) is 9.96. The summed E-state index contributed by atoms with van der Waals surface area (Å²) in [6.45, 7) is 3.08. The maximum Gasteiger partial charge on any atom is 0.228 e. The van der Waals surface area contributed by atoms with E-state index in [1.54, 1.807) is 17.3 Å². The molecule has 1 aliphatic heterocycles. The predicted molar refractivity (Wildman–Crippen MR) is 62.3 cm³/mol. The molecule has 5 nitrogen and oxygen atoms in total. The summed E-state index contributed by atoms with van der Waals surface area (Å²) in [6.07, 6.45) is 4.62. The molecular formula is C12H17N3O2. The summed E-state index contributed by atoms with van der Waals surface area (Å²) in [5, 5.41) is 9.39. The van der Waals surface area contributed by atoms with Crippen LogP contribution in [0.15, 0.2) is 12.4 Å². The highest BCUT2D eigenvalue weighted by Gasteiger charge is 2.25. The van der Waals surface area contributed by atoms with E-state index in [0.29, 0.717) is 19.5 Å². The highest BCUT2D eigenvalue weighted by atomic mass is 16.3. The van der Waals surface area contributed by atoms with E-state index in [1.807, 2.05) is 6.92 Å². The van der Waals surface area contributed by atoms with Gasteiger partial charge in [0.1, 0.15) is 0 Å². The Morgan fingerprint density at radius 2 is 2.18 bits per heavy atom. The van der Waals surface area contributed by atoms with Crippen LogP contribution in [-0.2, 0) is 17.6 Å². The van der Waals surface area contributed by atoms with Crippen LogP contribution in [-0.4, -0.2) is 45.1 Å². The molecule has 2 rings (SSSR count). The number of likely N-dealkylation sites (tertiary alicyclic amines) is 1. The molecule has 1 atom stereocenters. The molecule has 1 saturated heterocycles. The van der Waals surface area contributed by atoms with Crippen molar-refractivity contribution in [2.45, 2.75) is 32.3 Å². The van der Waals surface area contributed by atoms with Crippen molar-refractivity contribution >= 4 is 5.91 Å². The van der Waals surface area contributed by atoms with E-state index in [9.17, 15) is 9.90 Å². The first-order valence-electron chi connectivity index (χ1n) is 5.95. The highest BCUT2D eigenvalue weighted by Crippen LogP contribution is 2.12. The van der Waals surface area contributed by atoms with E-state index in [-0.39, 0.29) is 18.4 Å². The van der Waals surface area contributed by atoms with Crippen molar-refractivity contribution in [1.29, 1.82) is 0 Å². The second kappa shape index (κ2) is 5.23. The van der Waals surface area contributed by atoms with Crippen LogP contribution in [0, 0.1) is 0 Å². The van der Waals surface area contributed by atoms with Gasteiger partial charge in [0, 0.05) is 25.5 Å². The van der Waals surface area contributed by atoms with E-state index in [2.05, 4.69) is 9.97 Å². The molecule has 1 unspecified atom stereocenters. The molecule has 1 aliphatic rings. The number of carbonyl (C=O) groups is 1. The van der Waals surface area contributed by atoms with Crippen LogP contribution in [0.1, 0.15) is 24.7 Å². The predicted octanol–water partition coefficient (Wildman–Crippen LogP) is 0.175. The summed E-state index contributed by atoms with van der Waals surface area (Å²) >= 11 is 0. The largest absolute Gasteiger partial charge is 0.391 e. The topological polar surface area (TPSA) is 66.3 Å². The van der Waals surface area contributed by atoms with Gasteiger partial charge in [0.15, 0.2) is 0 Å². The fourth-order valence-corrected chi connectivity index (χ4v) is 2.06. The number of nitrogens with zero attached hydrogens (tertiary/aromatic N) is 3. The van der Waals surface area contributed by atoms with Crippen LogP contribution in [0.5, 0.6) is 0 Å². The molecule has 0 spiro atoms. The summed E-state index contributed by atoms with van der Waals surface area (Å²) < 4.78 is 0. The fraction of sp³-hybridized carbons (Fsp3) is 0.583. The third-order valence-electron chi connectivity index (χ3n) is 3.03. The van der Waals surface area contributed by atoms with Gasteiger partial charge in [-0.1, -0.05) is 6.92 Å². The van der Waals surface area contributed by atoms with Gasteiger partial charge in [0.25, 0.3) is 0 Å². The fourth-order valence-electron chi connectivity index (χ4n) is 2.06. The molecule has 0 aromatic carbocycles. The quantitative estimate of drug-likeness (QED) is 0.811. The van der Waals surface area contributed by atoms with Gasteiger partial charge >= 0.3 is 0 Å². The van der Waals surface area contributed by atoms with Crippen LogP contribution in [0.3, 0.4) is 0 Å². The zero-order chi connectivity index (χ0) is 12.3. The van der Waals surface area contributed by atoms with Gasteiger partial charge in [-0.05, 0) is 12.8 Å². The lowest BCUT2D eigenvalue weighted by Crippen LogP contribution is -2.31. The first-order chi connectivity index (χ1) is 8.20. The summed E-state index contributed by atoms with van der Waals surface area (Å²) in [5.41, 5.74) is 1.63. The zero-order valence-corrected chi connectivity index (χ0v) is 9.96. The minimum atomic E-state index is -0.369. The lowest BCUT2D eigenvalue weighted by Gasteiger charge is -2.15. The second-order valence-electron chi connectivity index (χ2n) is 4.26. The Morgan fingerprint density at radius 1 is 1.47 bits per heavy atom. The van der Waals surface area contributed by atoms with Crippen LogP contribution in [0.2, 0.25) is 0 Å². The number of aliphatic hydroxyl groups excluding tert-OH is 1. The summed E-state index contributed by atoms with van der Waals surface area (Å²) in [4.78, 5) is 22.1. The van der Waals surface area contributed by atoms with Gasteiger partial charge in [-0.15, -0.1) is 0 Å². The number of β-amino-alcohol motifs (C(OH)–C–C–N with tert-alkyl or cyclic N) is 1. The van der Waals surface area contributed by atoms with Gasteiger partial charge in [-0.25, -0.2) is 0 Å². The maximum absolute atomic E-state index is 12.0. The molecule has 1 aromatic rings. The third kappa shape index (κ3) is 2.79. The monoisotopic (exact) mass is 235 g/mol. The van der Waals surface area contributed by atoms with Crippen molar-refractivity contribution in [1.82, 2.24) is 14.9 Å². The van der Waals surface area contributed by atoms with Crippen molar-refractivity contribution in [2.75, 3.05) is 13.1 Å². The Morgan fingerprint density at radius 3 is 2.76 bits per heavy atom. The second-order valence-corrected chi connectivity index (χ2v) is 4.26. The molecule has 1 aromatic heterocycles. The smallest absolute Gasteiger partial charge is 0.228 e. The molecule has 5 heteroatoms. The molecule has 0 radical (unpaired) electrons. The van der Waals surface area contributed by atoms with Gasteiger partial charge in [0.05, 0.1) is 23.9 Å². The SMILES string of the molecule is CCc1nccnc1CC(=O)N1CCC(O)C1. The van der Waals surface area contributed by atoms with Gasteiger partial charge in [-0.3, -0.25) is 14.8 Å². The first-order valence-corrected chi connectivity index (χ1v) is 5.95. The lowest BCUT2D eigenvalue weighted by atomic mass is 10.2. The van der Waals surface area contributed by atoms with Crippen molar-refractivity contribution in [3.63, 3.8) is 0 Å². The normalized spacial score (nSPS) is 19.6. The average molecular weight is 235 g/mol. The summed E-state index contributed by atoms with van der Waals surface area (Å²) in [6, 6.07) is 0. The highest BCUT2D eigenvalue weighted by molar-refractivity contribution is 5.78. The maximum atomic E-state index is 12.0. The average Bonchev–Trinajstić information content (AvgIpc) is 2.77. The Bertz CT molecular complexity index is 408. The van der Waals surface area contributed by atoms with Crippen molar-refractivity contribution < 1.29 is 9.90 Å². The number of aromatic nitrogens is 2. The number of hydrogen-bond donors (Lipinski definition) is 1. The minimum Gasteiger partial charge on any atom is -0.391 e. The Kier molecular flexibility index (Phi) is 3.68. The summed E-state index contributed by atoms with van der Waals surface area (Å²) in [7, 11) is 0. The van der Waals surface area contributed by atoms with Gasteiger partial charge in [0.2, 0.25) is 5.91 Å². The van der Waals surface area contributed by atoms with Crippen LogP contribution in [0.25, 0.3) is 0 Å². The minimum absolute atomic E-state index is 0.0248. The molecule has 1 amide bonds. The van der Waals surface area contributed by atoms with Gasteiger partial charge in [-0.2, -0.15) is 0 Å². The van der Waals surface area contributed by atoms with Crippen molar-refractivity contribution in [3.05, 3.63) is 23.8 Å². The number of aliphatic hydroxyl groups is 1. The first kappa shape index (κ1) is 12.0. The van der Waals surface area contributed by atoms with Gasteiger partial charge < -0.3 is 10.0 Å². The molecule has 2 heterocycles. The number of rotatable bonds is 3. The molecule has 0 aliphatic carbocycles. The molecule has 0 bridgehead atoms. The standard InChI is InChI=1S/C12H17N3O2/c1-2-10-11(14-5-4-13-10)7-12(17)15-6-3-9(16)8-15/h4-5,9,16H,2-3,6-8H2,1H3.